The minimum absolute atomic E-state index is 0.121. The van der Waals surface area contributed by atoms with E-state index in [1.54, 1.807) is 7.11 Å². The second kappa shape index (κ2) is 3.50. The fraction of sp³-hybridized carbons (Fsp3) is 0.455. The van der Waals surface area contributed by atoms with Gasteiger partial charge in [0.15, 0.2) is 0 Å². The lowest BCUT2D eigenvalue weighted by Gasteiger charge is -2.24. The molecule has 3 nitrogen and oxygen atoms in total. The van der Waals surface area contributed by atoms with Crippen molar-refractivity contribution in [1.82, 2.24) is 0 Å². The van der Waals surface area contributed by atoms with E-state index in [-0.39, 0.29) is 6.04 Å². The average molecular weight is 192 g/mol. The van der Waals surface area contributed by atoms with Crippen LogP contribution in [-0.4, -0.2) is 7.11 Å². The zero-order chi connectivity index (χ0) is 10.1. The third kappa shape index (κ3) is 1.44. The van der Waals surface area contributed by atoms with Gasteiger partial charge in [0.05, 0.1) is 7.11 Å². The summed E-state index contributed by atoms with van der Waals surface area (Å²) in [5, 5.41) is 0. The smallest absolute Gasteiger partial charge is 0.121 e. The zero-order valence-corrected chi connectivity index (χ0v) is 8.42. The van der Waals surface area contributed by atoms with Crippen molar-refractivity contribution in [2.75, 3.05) is 12.8 Å². The number of hydrogen-bond acceptors (Lipinski definition) is 3. The Morgan fingerprint density at radius 2 is 2.21 bits per heavy atom. The SMILES string of the molecule is COc1cc(N)c2c(c1)[C@H](N)CCC2. The van der Waals surface area contributed by atoms with Crippen LogP contribution in [0.3, 0.4) is 0 Å². The summed E-state index contributed by atoms with van der Waals surface area (Å²) in [7, 11) is 1.65. The van der Waals surface area contributed by atoms with E-state index in [0.717, 1.165) is 36.3 Å². The van der Waals surface area contributed by atoms with Gasteiger partial charge in [-0.05, 0) is 36.5 Å². The van der Waals surface area contributed by atoms with Gasteiger partial charge in [-0.25, -0.2) is 0 Å². The monoisotopic (exact) mass is 192 g/mol. The predicted molar refractivity (Wildman–Crippen MR) is 57.3 cm³/mol. The molecule has 4 N–H and O–H groups in total. The molecular formula is C11H16N2O. The van der Waals surface area contributed by atoms with Gasteiger partial charge in [0.25, 0.3) is 0 Å². The summed E-state index contributed by atoms with van der Waals surface area (Å²) in [6.07, 6.45) is 3.21. The van der Waals surface area contributed by atoms with E-state index in [1.165, 1.54) is 5.56 Å². The second-order valence-electron chi connectivity index (χ2n) is 3.78. The Labute approximate surface area is 84.0 Å². The highest BCUT2D eigenvalue weighted by Gasteiger charge is 2.19. The first-order chi connectivity index (χ1) is 6.72. The molecule has 0 saturated heterocycles. The molecule has 1 aromatic rings. The number of anilines is 1. The van der Waals surface area contributed by atoms with Crippen LogP contribution in [0, 0.1) is 0 Å². The Morgan fingerprint density at radius 3 is 2.93 bits per heavy atom. The van der Waals surface area contributed by atoms with Crippen LogP contribution in [0.25, 0.3) is 0 Å². The Balaban J connectivity index is 2.51. The van der Waals surface area contributed by atoms with E-state index >= 15 is 0 Å². The third-order valence-corrected chi connectivity index (χ3v) is 2.87. The molecule has 0 bridgehead atoms. The third-order valence-electron chi connectivity index (χ3n) is 2.87. The first kappa shape index (κ1) is 9.34. The summed E-state index contributed by atoms with van der Waals surface area (Å²) in [6, 6.07) is 4.00. The van der Waals surface area contributed by atoms with Crippen LogP contribution >= 0.6 is 0 Å². The lowest BCUT2D eigenvalue weighted by molar-refractivity contribution is 0.413. The van der Waals surface area contributed by atoms with Crippen molar-refractivity contribution < 1.29 is 4.74 Å². The van der Waals surface area contributed by atoms with Crippen LogP contribution in [0.15, 0.2) is 12.1 Å². The van der Waals surface area contributed by atoms with Crippen LogP contribution in [-0.2, 0) is 6.42 Å². The van der Waals surface area contributed by atoms with E-state index in [4.69, 9.17) is 16.2 Å². The van der Waals surface area contributed by atoms with Crippen molar-refractivity contribution in [3.63, 3.8) is 0 Å². The van der Waals surface area contributed by atoms with Gasteiger partial charge in [0.1, 0.15) is 5.75 Å². The van der Waals surface area contributed by atoms with Gasteiger partial charge in [-0.15, -0.1) is 0 Å². The fourth-order valence-corrected chi connectivity index (χ4v) is 2.08. The zero-order valence-electron chi connectivity index (χ0n) is 8.42. The van der Waals surface area contributed by atoms with Gasteiger partial charge < -0.3 is 16.2 Å². The van der Waals surface area contributed by atoms with E-state index in [9.17, 15) is 0 Å². The topological polar surface area (TPSA) is 61.3 Å². The molecule has 1 atom stereocenters. The molecule has 0 aromatic heterocycles. The minimum Gasteiger partial charge on any atom is -0.497 e. The number of ether oxygens (including phenoxy) is 1. The molecule has 0 radical (unpaired) electrons. The molecule has 0 saturated carbocycles. The van der Waals surface area contributed by atoms with Crippen LogP contribution in [0.4, 0.5) is 5.69 Å². The van der Waals surface area contributed by atoms with Crippen molar-refractivity contribution in [2.24, 2.45) is 5.73 Å². The van der Waals surface area contributed by atoms with Crippen LogP contribution in [0.2, 0.25) is 0 Å². The second-order valence-corrected chi connectivity index (χ2v) is 3.78. The highest BCUT2D eigenvalue weighted by Crippen LogP contribution is 2.34. The quantitative estimate of drug-likeness (QED) is 0.664. The molecule has 0 heterocycles. The lowest BCUT2D eigenvalue weighted by atomic mass is 9.87. The largest absolute Gasteiger partial charge is 0.497 e. The highest BCUT2D eigenvalue weighted by molar-refractivity contribution is 5.57. The average Bonchev–Trinajstić information content (AvgIpc) is 2.19. The van der Waals surface area contributed by atoms with Crippen LogP contribution < -0.4 is 16.2 Å². The predicted octanol–water partition coefficient (Wildman–Crippen LogP) is 1.61. The van der Waals surface area contributed by atoms with E-state index in [2.05, 4.69) is 0 Å². The number of methoxy groups -OCH3 is 1. The first-order valence-corrected chi connectivity index (χ1v) is 4.94. The number of fused-ring (bicyclic) bond motifs is 1. The number of nitrogen functional groups attached to an aromatic ring is 1. The molecule has 76 valence electrons. The summed E-state index contributed by atoms with van der Waals surface area (Å²) in [6.45, 7) is 0. The Kier molecular flexibility index (Phi) is 2.33. The normalized spacial score (nSPS) is 20.3. The molecule has 0 aliphatic heterocycles. The molecule has 1 aliphatic carbocycles. The summed E-state index contributed by atoms with van der Waals surface area (Å²) >= 11 is 0. The van der Waals surface area contributed by atoms with Gasteiger partial charge in [-0.2, -0.15) is 0 Å². The maximum absolute atomic E-state index is 6.03. The van der Waals surface area contributed by atoms with Gasteiger partial charge in [0, 0.05) is 17.8 Å². The Hall–Kier alpha value is -1.22. The minimum atomic E-state index is 0.121. The standard InChI is InChI=1S/C11H16N2O/c1-14-7-5-9-8(11(13)6-7)3-2-4-10(9)12/h5-6,10H,2-4,12-13H2,1H3/t10-/m1/s1. The van der Waals surface area contributed by atoms with Crippen LogP contribution in [0.1, 0.15) is 30.0 Å². The Bertz CT molecular complexity index is 349. The van der Waals surface area contributed by atoms with E-state index in [1.807, 2.05) is 12.1 Å². The molecule has 1 aromatic carbocycles. The van der Waals surface area contributed by atoms with Crippen molar-refractivity contribution in [3.05, 3.63) is 23.3 Å². The fourth-order valence-electron chi connectivity index (χ4n) is 2.08. The maximum Gasteiger partial charge on any atom is 0.121 e. The first-order valence-electron chi connectivity index (χ1n) is 4.94. The highest BCUT2D eigenvalue weighted by atomic mass is 16.5. The van der Waals surface area contributed by atoms with Crippen LogP contribution in [0.5, 0.6) is 5.75 Å². The Morgan fingerprint density at radius 1 is 1.43 bits per heavy atom. The summed E-state index contributed by atoms with van der Waals surface area (Å²) in [5.74, 6) is 0.804. The molecule has 0 amide bonds. The number of benzene rings is 1. The number of rotatable bonds is 1. The maximum atomic E-state index is 6.03. The van der Waals surface area contributed by atoms with Crippen molar-refractivity contribution in [1.29, 1.82) is 0 Å². The molecule has 0 unspecified atom stereocenters. The van der Waals surface area contributed by atoms with Gasteiger partial charge in [-0.3, -0.25) is 0 Å². The van der Waals surface area contributed by atoms with Gasteiger partial charge >= 0.3 is 0 Å². The number of hydrogen-bond donors (Lipinski definition) is 2. The molecule has 14 heavy (non-hydrogen) atoms. The van der Waals surface area contributed by atoms with E-state index < -0.39 is 0 Å². The van der Waals surface area contributed by atoms with E-state index in [0.29, 0.717) is 0 Å². The molecule has 0 spiro atoms. The van der Waals surface area contributed by atoms with Gasteiger partial charge in [-0.1, -0.05) is 0 Å². The van der Waals surface area contributed by atoms with Gasteiger partial charge in [0.2, 0.25) is 0 Å². The lowest BCUT2D eigenvalue weighted by Crippen LogP contribution is -2.18. The van der Waals surface area contributed by atoms with Crippen molar-refractivity contribution in [3.8, 4) is 5.75 Å². The molecule has 2 rings (SSSR count). The number of nitrogens with two attached hydrogens (primary N) is 2. The van der Waals surface area contributed by atoms with Crippen molar-refractivity contribution >= 4 is 5.69 Å². The summed E-state index contributed by atoms with van der Waals surface area (Å²) in [5.41, 5.74) is 15.2. The molecule has 0 fully saturated rings. The molecular weight excluding hydrogens is 176 g/mol. The molecule has 1 aliphatic rings. The van der Waals surface area contributed by atoms with Crippen molar-refractivity contribution in [2.45, 2.75) is 25.3 Å². The summed E-state index contributed by atoms with van der Waals surface area (Å²) < 4.78 is 5.17. The molecule has 3 heteroatoms. The summed E-state index contributed by atoms with van der Waals surface area (Å²) in [4.78, 5) is 0.